The van der Waals surface area contributed by atoms with Crippen molar-refractivity contribution in [3.63, 3.8) is 0 Å². The van der Waals surface area contributed by atoms with E-state index in [2.05, 4.69) is 26.6 Å². The van der Waals surface area contributed by atoms with Crippen molar-refractivity contribution in [2.24, 2.45) is 0 Å². The average Bonchev–Trinajstić information content (AvgIpc) is 2.65. The van der Waals surface area contributed by atoms with Gasteiger partial charge in [0.15, 0.2) is 9.84 Å². The molecular formula is C14H19BrN2O3S. The van der Waals surface area contributed by atoms with Crippen LogP contribution in [0.4, 0.5) is 5.69 Å². The highest BCUT2D eigenvalue weighted by atomic mass is 79.9. The summed E-state index contributed by atoms with van der Waals surface area (Å²) in [5, 5.41) is 5.86. The first-order valence-electron chi connectivity index (χ1n) is 6.71. The Labute approximate surface area is 133 Å². The largest absolute Gasteiger partial charge is 0.376 e. The molecule has 21 heavy (non-hydrogen) atoms. The van der Waals surface area contributed by atoms with E-state index < -0.39 is 15.4 Å². The second kappa shape index (κ2) is 5.96. The van der Waals surface area contributed by atoms with E-state index in [1.165, 1.54) is 0 Å². The molecule has 1 heterocycles. The van der Waals surface area contributed by atoms with Gasteiger partial charge in [0.05, 0.1) is 23.6 Å². The maximum atomic E-state index is 12.0. The van der Waals surface area contributed by atoms with Gasteiger partial charge in [0.1, 0.15) is 0 Å². The number of carbonyl (C=O) groups is 1. The normalized spacial score (nSPS) is 23.8. The highest BCUT2D eigenvalue weighted by molar-refractivity contribution is 9.10. The number of halogens is 1. The third kappa shape index (κ3) is 4.44. The van der Waals surface area contributed by atoms with Crippen molar-refractivity contribution in [1.29, 1.82) is 0 Å². The van der Waals surface area contributed by atoms with E-state index in [-0.39, 0.29) is 24.0 Å². The molecule has 1 aliphatic rings. The van der Waals surface area contributed by atoms with Gasteiger partial charge in [0, 0.05) is 10.2 Å². The fourth-order valence-electron chi connectivity index (χ4n) is 2.43. The highest BCUT2D eigenvalue weighted by Crippen LogP contribution is 2.23. The summed E-state index contributed by atoms with van der Waals surface area (Å²) in [4.78, 5) is 12.0. The van der Waals surface area contributed by atoms with Crippen molar-refractivity contribution in [2.75, 3.05) is 23.4 Å². The maximum Gasteiger partial charge on any atom is 0.239 e. The lowest BCUT2D eigenvalue weighted by Crippen LogP contribution is -2.48. The topological polar surface area (TPSA) is 75.3 Å². The number of amides is 1. The Bertz CT molecular complexity index is 660. The quantitative estimate of drug-likeness (QED) is 0.843. The lowest BCUT2D eigenvalue weighted by atomic mass is 10.0. The summed E-state index contributed by atoms with van der Waals surface area (Å²) in [5.74, 6) is -0.0399. The van der Waals surface area contributed by atoms with E-state index in [0.717, 1.165) is 15.7 Å². The van der Waals surface area contributed by atoms with Gasteiger partial charge < -0.3 is 10.6 Å². The summed E-state index contributed by atoms with van der Waals surface area (Å²) in [7, 11) is -3.02. The standard InChI is InChI=1S/C14H19BrN2O3S/c1-10-7-11(3-4-12(10)15)16-8-13(18)17-14(2)5-6-21(19,20)9-14/h3-4,7,16H,5-6,8-9H2,1-2H3,(H,17,18). The van der Waals surface area contributed by atoms with Crippen LogP contribution >= 0.6 is 15.9 Å². The zero-order chi connectivity index (χ0) is 15.7. The molecule has 1 atom stereocenters. The molecule has 0 radical (unpaired) electrons. The lowest BCUT2D eigenvalue weighted by Gasteiger charge is -2.24. The molecule has 1 fully saturated rings. The van der Waals surface area contributed by atoms with Gasteiger partial charge in [-0.15, -0.1) is 0 Å². The number of hydrogen-bond donors (Lipinski definition) is 2. The first-order valence-corrected chi connectivity index (χ1v) is 9.32. The molecule has 1 aromatic rings. The van der Waals surface area contributed by atoms with E-state index >= 15 is 0 Å². The number of anilines is 1. The molecule has 0 saturated carbocycles. The minimum absolute atomic E-state index is 0.0170. The van der Waals surface area contributed by atoms with Crippen LogP contribution < -0.4 is 10.6 Å². The predicted octanol–water partition coefficient (Wildman–Crippen LogP) is 1.86. The van der Waals surface area contributed by atoms with E-state index in [1.54, 1.807) is 6.92 Å². The first kappa shape index (κ1) is 16.3. The van der Waals surface area contributed by atoms with Crippen LogP contribution in [-0.2, 0) is 14.6 Å². The molecule has 0 spiro atoms. The zero-order valence-electron chi connectivity index (χ0n) is 12.1. The Morgan fingerprint density at radius 2 is 2.14 bits per heavy atom. The van der Waals surface area contributed by atoms with Crippen molar-refractivity contribution < 1.29 is 13.2 Å². The first-order chi connectivity index (χ1) is 9.69. The Morgan fingerprint density at radius 1 is 1.43 bits per heavy atom. The van der Waals surface area contributed by atoms with E-state index in [1.807, 2.05) is 25.1 Å². The van der Waals surface area contributed by atoms with Crippen LogP contribution in [0.2, 0.25) is 0 Å². The number of rotatable bonds is 4. The predicted molar refractivity (Wildman–Crippen MR) is 87.2 cm³/mol. The van der Waals surface area contributed by atoms with Crippen LogP contribution in [0.5, 0.6) is 0 Å². The van der Waals surface area contributed by atoms with Gasteiger partial charge in [-0.3, -0.25) is 4.79 Å². The van der Waals surface area contributed by atoms with Crippen LogP contribution in [0.25, 0.3) is 0 Å². The van der Waals surface area contributed by atoms with E-state index in [0.29, 0.717) is 6.42 Å². The fraction of sp³-hybridized carbons (Fsp3) is 0.500. The number of aryl methyl sites for hydroxylation is 1. The van der Waals surface area contributed by atoms with Gasteiger partial charge in [0.2, 0.25) is 5.91 Å². The molecule has 0 aliphatic carbocycles. The van der Waals surface area contributed by atoms with Gasteiger partial charge in [-0.25, -0.2) is 8.42 Å². The molecule has 1 saturated heterocycles. The maximum absolute atomic E-state index is 12.0. The molecule has 1 amide bonds. The molecule has 1 aromatic carbocycles. The summed E-state index contributed by atoms with van der Waals surface area (Å²) in [6.45, 7) is 3.87. The Morgan fingerprint density at radius 3 is 2.71 bits per heavy atom. The Balaban J connectivity index is 1.89. The SMILES string of the molecule is Cc1cc(NCC(=O)NC2(C)CCS(=O)(=O)C2)ccc1Br. The summed E-state index contributed by atoms with van der Waals surface area (Å²) in [6.07, 6.45) is 0.471. The molecule has 1 unspecified atom stereocenters. The third-order valence-corrected chi connectivity index (χ3v) is 6.35. The van der Waals surface area contributed by atoms with E-state index in [4.69, 9.17) is 0 Å². The number of carbonyl (C=O) groups excluding carboxylic acids is 1. The van der Waals surface area contributed by atoms with Gasteiger partial charge in [-0.1, -0.05) is 15.9 Å². The second-order valence-electron chi connectivity index (χ2n) is 5.77. The molecule has 116 valence electrons. The molecule has 0 aromatic heterocycles. The number of nitrogens with one attached hydrogen (secondary N) is 2. The van der Waals surface area contributed by atoms with Crippen molar-refractivity contribution in [3.8, 4) is 0 Å². The summed E-state index contributed by atoms with van der Waals surface area (Å²) in [5.41, 5.74) is 1.29. The molecule has 7 heteroatoms. The molecular weight excluding hydrogens is 356 g/mol. The van der Waals surface area contributed by atoms with Gasteiger partial charge in [0.25, 0.3) is 0 Å². The second-order valence-corrected chi connectivity index (χ2v) is 8.81. The Hall–Kier alpha value is -1.08. The minimum Gasteiger partial charge on any atom is -0.376 e. The van der Waals surface area contributed by atoms with Gasteiger partial charge in [-0.05, 0) is 44.0 Å². The summed E-state index contributed by atoms with van der Waals surface area (Å²) >= 11 is 3.42. The van der Waals surface area contributed by atoms with E-state index in [9.17, 15) is 13.2 Å². The van der Waals surface area contributed by atoms with Crippen molar-refractivity contribution in [2.45, 2.75) is 25.8 Å². The fourth-order valence-corrected chi connectivity index (χ4v) is 4.77. The molecule has 5 nitrogen and oxygen atoms in total. The lowest BCUT2D eigenvalue weighted by molar-refractivity contribution is -0.120. The number of benzene rings is 1. The number of hydrogen-bond acceptors (Lipinski definition) is 4. The van der Waals surface area contributed by atoms with Gasteiger partial charge >= 0.3 is 0 Å². The van der Waals surface area contributed by atoms with Crippen molar-refractivity contribution in [3.05, 3.63) is 28.2 Å². The molecule has 2 rings (SSSR count). The molecule has 0 bridgehead atoms. The minimum atomic E-state index is -3.02. The van der Waals surface area contributed by atoms with Crippen molar-refractivity contribution in [1.82, 2.24) is 5.32 Å². The van der Waals surface area contributed by atoms with Crippen LogP contribution in [0.1, 0.15) is 18.9 Å². The van der Waals surface area contributed by atoms with Gasteiger partial charge in [-0.2, -0.15) is 0 Å². The van der Waals surface area contributed by atoms with Crippen LogP contribution in [0, 0.1) is 6.92 Å². The molecule has 1 aliphatic heterocycles. The monoisotopic (exact) mass is 374 g/mol. The smallest absolute Gasteiger partial charge is 0.239 e. The average molecular weight is 375 g/mol. The third-order valence-electron chi connectivity index (χ3n) is 3.56. The van der Waals surface area contributed by atoms with Crippen LogP contribution in [0.3, 0.4) is 0 Å². The summed E-state index contributed by atoms with van der Waals surface area (Å²) < 4.78 is 24.0. The van der Waals surface area contributed by atoms with Crippen molar-refractivity contribution >= 4 is 37.4 Å². The summed E-state index contributed by atoms with van der Waals surface area (Å²) in [6, 6.07) is 5.74. The van der Waals surface area contributed by atoms with Crippen LogP contribution in [0.15, 0.2) is 22.7 Å². The highest BCUT2D eigenvalue weighted by Gasteiger charge is 2.39. The number of sulfone groups is 1. The zero-order valence-corrected chi connectivity index (χ0v) is 14.5. The Kier molecular flexibility index (Phi) is 4.63. The van der Waals surface area contributed by atoms with Crippen LogP contribution in [-0.4, -0.2) is 37.9 Å². The molecule has 2 N–H and O–H groups in total.